The number of hydrogen-bond donors (Lipinski definition) is 1. The quantitative estimate of drug-likeness (QED) is 0.915. The second-order valence-electron chi connectivity index (χ2n) is 5.40. The Morgan fingerprint density at radius 2 is 2.12 bits per heavy atom. The third kappa shape index (κ3) is 3.65. The van der Waals surface area contributed by atoms with Crippen LogP contribution in [0, 0.1) is 0 Å². The molecule has 1 unspecified atom stereocenters. The van der Waals surface area contributed by atoms with Gasteiger partial charge in [-0.3, -0.25) is 9.59 Å². The Morgan fingerprint density at radius 1 is 1.38 bits per heavy atom. The van der Waals surface area contributed by atoms with Gasteiger partial charge in [-0.2, -0.15) is 0 Å². The van der Waals surface area contributed by atoms with E-state index in [1.165, 1.54) is 23.2 Å². The molecule has 0 bridgehead atoms. The first kappa shape index (κ1) is 16.3. The standard InChI is InChI=1S/C16H17N3O4S/c1-10(20)17-16-18-12(9-24-16)15(21)19(2)7-11-8-22-13-5-3-4-6-14(13)23-11/h3-6,9,11H,7-8H2,1-2H3,(H,17,18,20). The van der Waals surface area contributed by atoms with Crippen LogP contribution in [0.5, 0.6) is 11.5 Å². The molecule has 1 atom stereocenters. The van der Waals surface area contributed by atoms with E-state index in [2.05, 4.69) is 10.3 Å². The van der Waals surface area contributed by atoms with Gasteiger partial charge in [0.05, 0.1) is 6.54 Å². The van der Waals surface area contributed by atoms with Crippen LogP contribution in [0.2, 0.25) is 0 Å². The first-order valence-electron chi connectivity index (χ1n) is 7.40. The van der Waals surface area contributed by atoms with Gasteiger partial charge in [-0.05, 0) is 12.1 Å². The molecule has 0 radical (unpaired) electrons. The van der Waals surface area contributed by atoms with E-state index in [0.717, 1.165) is 0 Å². The maximum atomic E-state index is 12.4. The van der Waals surface area contributed by atoms with Crippen molar-refractivity contribution in [2.24, 2.45) is 0 Å². The summed E-state index contributed by atoms with van der Waals surface area (Å²) in [5.41, 5.74) is 0.295. The number of nitrogens with zero attached hydrogens (tertiary/aromatic N) is 2. The van der Waals surface area contributed by atoms with Crippen LogP contribution in [-0.4, -0.2) is 48.0 Å². The summed E-state index contributed by atoms with van der Waals surface area (Å²) in [4.78, 5) is 29.1. The lowest BCUT2D eigenvalue weighted by Gasteiger charge is -2.29. The van der Waals surface area contributed by atoms with E-state index in [0.29, 0.717) is 35.5 Å². The Kier molecular flexibility index (Phi) is 4.66. The van der Waals surface area contributed by atoms with E-state index in [4.69, 9.17) is 9.47 Å². The molecule has 7 nitrogen and oxygen atoms in total. The number of aromatic nitrogens is 1. The minimum atomic E-state index is -0.248. The van der Waals surface area contributed by atoms with Crippen molar-refractivity contribution in [3.63, 3.8) is 0 Å². The minimum Gasteiger partial charge on any atom is -0.486 e. The topological polar surface area (TPSA) is 80.8 Å². The van der Waals surface area contributed by atoms with Gasteiger partial charge in [0.25, 0.3) is 5.91 Å². The SMILES string of the molecule is CC(=O)Nc1nc(C(=O)N(C)CC2COc3ccccc3O2)cs1. The van der Waals surface area contributed by atoms with Crippen LogP contribution < -0.4 is 14.8 Å². The third-order valence-corrected chi connectivity index (χ3v) is 4.16. The van der Waals surface area contributed by atoms with Crippen LogP contribution >= 0.6 is 11.3 Å². The highest BCUT2D eigenvalue weighted by atomic mass is 32.1. The Labute approximate surface area is 143 Å². The molecule has 0 fully saturated rings. The molecule has 0 aliphatic carbocycles. The number of rotatable bonds is 4. The summed E-state index contributed by atoms with van der Waals surface area (Å²) in [7, 11) is 1.68. The minimum absolute atomic E-state index is 0.219. The lowest BCUT2D eigenvalue weighted by atomic mass is 10.2. The van der Waals surface area contributed by atoms with Gasteiger partial charge in [0.15, 0.2) is 22.7 Å². The summed E-state index contributed by atoms with van der Waals surface area (Å²) in [5.74, 6) is 0.937. The lowest BCUT2D eigenvalue weighted by molar-refractivity contribution is -0.114. The fourth-order valence-corrected chi connectivity index (χ4v) is 3.05. The summed E-state index contributed by atoms with van der Waals surface area (Å²) < 4.78 is 11.5. The second-order valence-corrected chi connectivity index (χ2v) is 6.26. The fourth-order valence-electron chi connectivity index (χ4n) is 2.32. The molecule has 24 heavy (non-hydrogen) atoms. The van der Waals surface area contributed by atoms with Gasteiger partial charge in [-0.25, -0.2) is 4.98 Å². The molecule has 0 spiro atoms. The molecule has 1 aliphatic rings. The number of thiazole rings is 1. The Bertz CT molecular complexity index is 761. The summed E-state index contributed by atoms with van der Waals surface area (Å²) in [6.45, 7) is 2.15. The van der Waals surface area contributed by atoms with E-state index >= 15 is 0 Å². The number of likely N-dealkylation sites (N-methyl/N-ethyl adjacent to an activating group) is 1. The van der Waals surface area contributed by atoms with Crippen molar-refractivity contribution in [1.29, 1.82) is 0 Å². The lowest BCUT2D eigenvalue weighted by Crippen LogP contribution is -2.41. The average Bonchev–Trinajstić information content (AvgIpc) is 3.01. The van der Waals surface area contributed by atoms with Crippen molar-refractivity contribution < 1.29 is 19.1 Å². The molecule has 126 valence electrons. The molecule has 3 rings (SSSR count). The highest BCUT2D eigenvalue weighted by Crippen LogP contribution is 2.31. The normalized spacial score (nSPS) is 15.7. The number of anilines is 1. The highest BCUT2D eigenvalue weighted by Gasteiger charge is 2.25. The van der Waals surface area contributed by atoms with E-state index < -0.39 is 0 Å². The van der Waals surface area contributed by atoms with Crippen molar-refractivity contribution in [1.82, 2.24) is 9.88 Å². The molecular weight excluding hydrogens is 330 g/mol. The highest BCUT2D eigenvalue weighted by molar-refractivity contribution is 7.14. The van der Waals surface area contributed by atoms with Crippen LogP contribution in [0.1, 0.15) is 17.4 Å². The summed E-state index contributed by atoms with van der Waals surface area (Å²) in [5, 5.41) is 4.59. The van der Waals surface area contributed by atoms with Crippen molar-refractivity contribution >= 4 is 28.3 Å². The Morgan fingerprint density at radius 3 is 2.88 bits per heavy atom. The number of fused-ring (bicyclic) bond motifs is 1. The predicted octanol–water partition coefficient (Wildman–Crippen LogP) is 2.01. The zero-order valence-electron chi connectivity index (χ0n) is 13.3. The van der Waals surface area contributed by atoms with Gasteiger partial charge < -0.3 is 19.7 Å². The fraction of sp³-hybridized carbons (Fsp3) is 0.312. The number of para-hydroxylation sites is 2. The maximum Gasteiger partial charge on any atom is 0.273 e. The van der Waals surface area contributed by atoms with Crippen LogP contribution in [0.15, 0.2) is 29.6 Å². The number of carbonyl (C=O) groups excluding carboxylic acids is 2. The van der Waals surface area contributed by atoms with Gasteiger partial charge in [0.2, 0.25) is 5.91 Å². The summed E-state index contributed by atoms with van der Waals surface area (Å²) in [6, 6.07) is 7.44. The predicted molar refractivity (Wildman–Crippen MR) is 89.7 cm³/mol. The van der Waals surface area contributed by atoms with Gasteiger partial charge >= 0.3 is 0 Å². The molecule has 1 aliphatic heterocycles. The molecule has 2 amide bonds. The molecule has 2 heterocycles. The molecule has 1 N–H and O–H groups in total. The van der Waals surface area contributed by atoms with Gasteiger partial charge in [0.1, 0.15) is 12.3 Å². The summed E-state index contributed by atoms with van der Waals surface area (Å²) in [6.07, 6.45) is -0.248. The molecule has 1 aromatic carbocycles. The van der Waals surface area contributed by atoms with E-state index in [-0.39, 0.29) is 17.9 Å². The second kappa shape index (κ2) is 6.88. The van der Waals surface area contributed by atoms with E-state index in [9.17, 15) is 9.59 Å². The zero-order chi connectivity index (χ0) is 17.1. The van der Waals surface area contributed by atoms with Crippen molar-refractivity contribution in [3.05, 3.63) is 35.3 Å². The molecule has 2 aromatic rings. The van der Waals surface area contributed by atoms with Gasteiger partial charge in [0, 0.05) is 19.4 Å². The Hall–Kier alpha value is -2.61. The largest absolute Gasteiger partial charge is 0.486 e. The third-order valence-electron chi connectivity index (χ3n) is 3.40. The van der Waals surface area contributed by atoms with E-state index in [1.54, 1.807) is 12.4 Å². The van der Waals surface area contributed by atoms with Gasteiger partial charge in [-0.1, -0.05) is 12.1 Å². The number of amides is 2. The molecular formula is C16H17N3O4S. The number of benzene rings is 1. The number of hydrogen-bond acceptors (Lipinski definition) is 6. The van der Waals surface area contributed by atoms with Crippen LogP contribution in [0.3, 0.4) is 0 Å². The average molecular weight is 347 g/mol. The maximum absolute atomic E-state index is 12.4. The molecule has 0 saturated carbocycles. The number of ether oxygens (including phenoxy) is 2. The summed E-state index contributed by atoms with van der Waals surface area (Å²) >= 11 is 1.21. The smallest absolute Gasteiger partial charge is 0.273 e. The molecule has 8 heteroatoms. The molecule has 1 aromatic heterocycles. The van der Waals surface area contributed by atoms with Crippen LogP contribution in [-0.2, 0) is 4.79 Å². The zero-order valence-corrected chi connectivity index (χ0v) is 14.1. The van der Waals surface area contributed by atoms with Crippen molar-refractivity contribution in [3.8, 4) is 11.5 Å². The van der Waals surface area contributed by atoms with Crippen molar-refractivity contribution in [2.75, 3.05) is 25.5 Å². The van der Waals surface area contributed by atoms with Crippen LogP contribution in [0.25, 0.3) is 0 Å². The first-order chi connectivity index (χ1) is 11.5. The Balaban J connectivity index is 1.60. The number of carbonyl (C=O) groups is 2. The van der Waals surface area contributed by atoms with Gasteiger partial charge in [-0.15, -0.1) is 11.3 Å². The molecule has 0 saturated heterocycles. The first-order valence-corrected chi connectivity index (χ1v) is 8.28. The van der Waals surface area contributed by atoms with Crippen LogP contribution in [0.4, 0.5) is 5.13 Å². The number of nitrogens with one attached hydrogen (secondary N) is 1. The van der Waals surface area contributed by atoms with Crippen molar-refractivity contribution in [2.45, 2.75) is 13.0 Å². The van der Waals surface area contributed by atoms with E-state index in [1.807, 2.05) is 24.3 Å². The monoisotopic (exact) mass is 347 g/mol.